The van der Waals surface area contributed by atoms with E-state index in [2.05, 4.69) is 417 Å². The minimum atomic E-state index is -5.81. The first kappa shape index (κ1) is 90.2. The second kappa shape index (κ2) is 37.1. The average Bonchev–Trinajstić information content (AvgIpc) is 1.57. The Labute approximate surface area is 842 Å². The molecule has 6 heterocycles. The van der Waals surface area contributed by atoms with Gasteiger partial charge in [0.2, 0.25) is 0 Å². The maximum atomic E-state index is 13.0. The Hall–Kier alpha value is -16.9. The van der Waals surface area contributed by atoms with Gasteiger partial charge < -0.3 is 64.6 Å². The fraction of sp³-hybridized carbons (Fsp3) is 0.00800. The van der Waals surface area contributed by atoms with Gasteiger partial charge in [-0.1, -0.05) is 267 Å². The molecule has 0 N–H and O–H groups in total. The molecule has 6 aromatic heterocycles. The third-order valence-electron chi connectivity index (χ3n) is 26.8. The molecule has 0 amide bonds. The Bertz CT molecular complexity index is 9360. The zero-order chi connectivity index (χ0) is 94.4. The summed E-state index contributed by atoms with van der Waals surface area (Å²) in [4.78, 5) is 4.61. The maximum absolute atomic E-state index is 13.0. The largest absolute Gasteiger partial charge is 2.00 e. The number of benzene rings is 20. The van der Waals surface area contributed by atoms with Crippen LogP contribution in [0.25, 0.3) is 204 Å². The third kappa shape index (κ3) is 15.8. The maximum Gasteiger partial charge on any atom is 2.00 e. The molecule has 0 radical (unpaired) electrons. The van der Waals surface area contributed by atoms with Gasteiger partial charge in [-0.3, -0.25) is 6.58 Å². The van der Waals surface area contributed by atoms with E-state index in [4.69, 9.17) is 8.83 Å². The Morgan fingerprint density at radius 3 is 0.831 bits per heavy atom. The number of para-hydroxylation sites is 10. The van der Waals surface area contributed by atoms with Crippen LogP contribution < -0.4 is 31.0 Å². The molecule has 0 fully saturated rings. The van der Waals surface area contributed by atoms with Crippen LogP contribution in [0.2, 0.25) is 0 Å². The summed E-state index contributed by atoms with van der Waals surface area (Å²) in [6, 6.07) is 160. The van der Waals surface area contributed by atoms with Crippen molar-refractivity contribution in [1.82, 2.24) is 18.3 Å². The number of furan rings is 2. The first-order valence-electron chi connectivity index (χ1n) is 46.1. The number of alkyl halides is 3. The Kier molecular flexibility index (Phi) is 23.6. The van der Waals surface area contributed by atoms with Gasteiger partial charge in [0.1, 0.15) is 28.1 Å². The van der Waals surface area contributed by atoms with E-state index in [9.17, 15) is 21.6 Å². The van der Waals surface area contributed by atoms with Crippen LogP contribution in [-0.4, -0.2) is 55.2 Å². The number of halogens is 4. The standard InChI is InChI=1S/C62H41N3O.C61H38F3N3O4S.C2H3.BrH.Mg/c1-2-41-22-29-48(30-23-41)65-59-20-9-5-14-53(59)56-40-44(28-39-60(56)65)42-24-31-45(32-25-42)63(46-33-26-43(27-34-46)50-16-11-17-55-54-15-6-10-21-61(54)66-62(50)55)47-35-37-49(38-36-47)64-57-18-7-3-12-51(57)52-13-4-8-19-58(52)64;62-61(63,64)72(68,69)71-47-35-33-46(34-36-47)67-57-18-7-3-12-51(57)54-38-41(24-37-58(54)67)39-20-25-42(26-21-39)65(43-27-22-40(23-28-43)48-14-9-15-53-52-13-4-8-19-59(52)70-60(48)53)44-29-31-45(32-30-44)66-55-16-5-1-10-49(55)50-11-2-6-17-56(50)66;1-2;;/h2-40H,1H2;1-38H;1H,2H2;1H;/q;;-1;;+2/p-1. The van der Waals surface area contributed by atoms with Crippen molar-refractivity contribution in [2.75, 3.05) is 9.80 Å². The smallest absolute Gasteiger partial charge is 1.00 e. The molecule has 142 heavy (non-hydrogen) atoms. The second-order valence-corrected chi connectivity index (χ2v) is 36.2. The van der Waals surface area contributed by atoms with Gasteiger partial charge in [-0.2, -0.15) is 21.6 Å². The van der Waals surface area contributed by atoms with Crippen molar-refractivity contribution in [3.8, 4) is 73.0 Å². The normalized spacial score (nSPS) is 11.7. The molecule has 11 nitrogen and oxygen atoms in total. The van der Waals surface area contributed by atoms with Gasteiger partial charge in [-0.25, -0.2) is 0 Å². The van der Waals surface area contributed by atoms with E-state index < -0.39 is 21.4 Å². The van der Waals surface area contributed by atoms with Gasteiger partial charge in [-0.05, 0) is 245 Å². The van der Waals surface area contributed by atoms with E-state index >= 15 is 0 Å². The zero-order valence-electron chi connectivity index (χ0n) is 76.3. The number of hydrogen-bond donors (Lipinski definition) is 0. The summed E-state index contributed by atoms with van der Waals surface area (Å²) in [6.45, 7) is 11.0. The molecular weight excluding hydrogens is 1860 g/mol. The molecule has 0 saturated heterocycles. The van der Waals surface area contributed by atoms with E-state index in [0.29, 0.717) is 5.69 Å². The first-order valence-corrected chi connectivity index (χ1v) is 47.5. The molecule has 0 aliphatic rings. The molecule has 0 aliphatic heterocycles. The van der Waals surface area contributed by atoms with Crippen LogP contribution in [0.5, 0.6) is 5.75 Å². The predicted molar refractivity (Wildman–Crippen MR) is 577 cm³/mol. The monoisotopic (exact) mass is 1940 g/mol. The summed E-state index contributed by atoms with van der Waals surface area (Å²) < 4.78 is 88.8. The Balaban J connectivity index is 0.000000158. The zero-order valence-corrected chi connectivity index (χ0v) is 80.1. The van der Waals surface area contributed by atoms with Crippen molar-refractivity contribution < 1.29 is 51.6 Å². The van der Waals surface area contributed by atoms with Gasteiger partial charge in [-0.15, -0.1) is 0 Å². The summed E-state index contributed by atoms with van der Waals surface area (Å²) >= 11 is 0. The topological polar surface area (TPSA) is 95.8 Å². The molecular formula is C125H82BrF3MgN6O5S. The minimum absolute atomic E-state index is 0. The number of aromatic nitrogens is 4. The summed E-state index contributed by atoms with van der Waals surface area (Å²) in [6.07, 6.45) is 1.89. The summed E-state index contributed by atoms with van der Waals surface area (Å²) in [5, 5.41) is 13.7. The Morgan fingerprint density at radius 2 is 0.521 bits per heavy atom. The molecule has 20 aromatic carbocycles. The van der Waals surface area contributed by atoms with Crippen LogP contribution in [-0.2, 0) is 10.1 Å². The molecule has 0 spiro atoms. The van der Waals surface area contributed by atoms with Gasteiger partial charge >= 0.3 is 38.7 Å². The van der Waals surface area contributed by atoms with E-state index in [1.807, 2.05) is 77.4 Å². The van der Waals surface area contributed by atoms with E-state index in [1.165, 1.54) is 84.2 Å². The van der Waals surface area contributed by atoms with Crippen LogP contribution in [0.4, 0.5) is 47.3 Å². The summed E-state index contributed by atoms with van der Waals surface area (Å²) in [5.41, 5.74) is 26.4. The molecule has 0 atom stereocenters. The average molecular weight is 1940 g/mol. The van der Waals surface area contributed by atoms with Gasteiger partial charge in [0.15, 0.2) is 0 Å². The van der Waals surface area contributed by atoms with Crippen LogP contribution in [0, 0.1) is 6.58 Å². The van der Waals surface area contributed by atoms with E-state index in [1.54, 1.807) is 0 Å². The quantitative estimate of drug-likeness (QED) is 0.0388. The van der Waals surface area contributed by atoms with Crippen LogP contribution >= 0.6 is 0 Å². The van der Waals surface area contributed by atoms with Crippen molar-refractivity contribution in [3.05, 3.63) is 486 Å². The first-order chi connectivity index (χ1) is 68.8. The number of anilines is 6. The molecule has 26 rings (SSSR count). The van der Waals surface area contributed by atoms with Gasteiger partial charge in [0.25, 0.3) is 0 Å². The van der Waals surface area contributed by atoms with Crippen molar-refractivity contribution in [3.63, 3.8) is 0 Å². The molecule has 678 valence electrons. The fourth-order valence-electron chi connectivity index (χ4n) is 20.4. The van der Waals surface area contributed by atoms with Crippen molar-refractivity contribution in [1.29, 1.82) is 0 Å². The predicted octanol–water partition coefficient (Wildman–Crippen LogP) is 31.3. The van der Waals surface area contributed by atoms with Crippen LogP contribution in [0.15, 0.2) is 483 Å². The van der Waals surface area contributed by atoms with Gasteiger partial charge in [0, 0.05) is 133 Å². The van der Waals surface area contributed by atoms with Crippen LogP contribution in [0.3, 0.4) is 0 Å². The molecule has 0 aliphatic carbocycles. The summed E-state index contributed by atoms with van der Waals surface area (Å²) in [7, 11) is -5.81. The number of rotatable bonds is 17. The number of fused-ring (bicyclic) bond motifs is 18. The molecule has 0 unspecified atom stereocenters. The fourth-order valence-corrected chi connectivity index (χ4v) is 20.8. The molecule has 0 saturated carbocycles. The number of hydrogen-bond acceptors (Lipinski definition) is 7. The summed E-state index contributed by atoms with van der Waals surface area (Å²) in [5.74, 6) is -0.439. The number of nitrogens with zero attached hydrogens (tertiary/aromatic N) is 6. The minimum Gasteiger partial charge on any atom is -1.00 e. The van der Waals surface area contributed by atoms with E-state index in [0.717, 1.165) is 172 Å². The third-order valence-corrected chi connectivity index (χ3v) is 27.8. The molecule has 17 heteroatoms. The van der Waals surface area contributed by atoms with Crippen molar-refractivity contribution >= 4 is 204 Å². The second-order valence-electron chi connectivity index (χ2n) is 34.6. The molecule has 0 bridgehead atoms. The SMILES string of the molecule is C=Cc1ccc(-n2c3ccccc3c3cc(-c4ccc(N(c5ccc(-c6cccc7c6oc6ccccc67)cc5)c5ccc(-n6c7ccccc7c7ccccc76)cc5)cc4)ccc32)cc1.O=S(=O)(Oc1ccc(-n2c3ccccc3c3cc(-c4ccc(N(c5ccc(-c6cccc7c6oc6ccccc67)cc5)c5ccc(-n6c7ccccc7c7ccccc76)cc5)cc4)ccc32)cc1)C(F)(F)F.[Br-].[CH-]=C.[Mg+2]. The Morgan fingerprint density at radius 1 is 0.275 bits per heavy atom. The van der Waals surface area contributed by atoms with E-state index in [-0.39, 0.29) is 40.0 Å². The van der Waals surface area contributed by atoms with Gasteiger partial charge in [0.05, 0.1) is 44.1 Å². The van der Waals surface area contributed by atoms with Crippen molar-refractivity contribution in [2.45, 2.75) is 5.51 Å². The molecule has 26 aromatic rings. The van der Waals surface area contributed by atoms with Crippen molar-refractivity contribution in [2.24, 2.45) is 0 Å². The van der Waals surface area contributed by atoms with Crippen LogP contribution in [0.1, 0.15) is 5.56 Å².